The summed E-state index contributed by atoms with van der Waals surface area (Å²) in [5.74, 6) is 0. The lowest BCUT2D eigenvalue weighted by Gasteiger charge is -2.41. The average Bonchev–Trinajstić information content (AvgIpc) is 2.70. The van der Waals surface area contributed by atoms with Crippen molar-refractivity contribution in [3.05, 3.63) is 0 Å². The van der Waals surface area contributed by atoms with E-state index < -0.39 is 0 Å². The summed E-state index contributed by atoms with van der Waals surface area (Å²) in [6, 6.07) is 0.380. The first-order valence-corrected chi connectivity index (χ1v) is 6.19. The average molecular weight is 197 g/mol. The summed E-state index contributed by atoms with van der Waals surface area (Å²) in [6.07, 6.45) is 8.43. The van der Waals surface area contributed by atoms with E-state index in [-0.39, 0.29) is 5.60 Å². The van der Waals surface area contributed by atoms with Gasteiger partial charge in [-0.25, -0.2) is 0 Å². The van der Waals surface area contributed by atoms with E-state index in [0.29, 0.717) is 6.04 Å². The zero-order chi connectivity index (χ0) is 10.0. The number of aliphatic hydroxyl groups is 1. The third kappa shape index (κ3) is 1.96. The lowest BCUT2D eigenvalue weighted by Crippen LogP contribution is -2.51. The zero-order valence-corrected chi connectivity index (χ0v) is 9.34. The van der Waals surface area contributed by atoms with E-state index in [1.807, 2.05) is 0 Å². The Kier molecular flexibility index (Phi) is 3.13. The molecule has 82 valence electrons. The summed E-state index contributed by atoms with van der Waals surface area (Å²) in [4.78, 5) is 2.48. The molecule has 0 amide bonds. The molecule has 0 spiro atoms. The number of rotatable bonds is 2. The number of nitrogens with zero attached hydrogens (tertiary/aromatic N) is 1. The number of hydrogen-bond donors (Lipinski definition) is 1. The molecule has 2 heteroatoms. The topological polar surface area (TPSA) is 23.5 Å². The molecule has 2 rings (SSSR count). The number of hydrogen-bond acceptors (Lipinski definition) is 2. The van der Waals surface area contributed by atoms with Gasteiger partial charge in [0.05, 0.1) is 5.60 Å². The summed E-state index contributed by atoms with van der Waals surface area (Å²) in [6.45, 7) is 4.61. The molecule has 1 unspecified atom stereocenters. The van der Waals surface area contributed by atoms with Crippen LogP contribution in [0.4, 0.5) is 0 Å². The second-order valence-corrected chi connectivity index (χ2v) is 5.08. The van der Waals surface area contributed by atoms with Crippen molar-refractivity contribution in [2.45, 2.75) is 63.5 Å². The van der Waals surface area contributed by atoms with Crippen molar-refractivity contribution in [3.63, 3.8) is 0 Å². The van der Waals surface area contributed by atoms with Gasteiger partial charge in [-0.2, -0.15) is 0 Å². The van der Waals surface area contributed by atoms with Gasteiger partial charge in [-0.3, -0.25) is 4.90 Å². The molecule has 14 heavy (non-hydrogen) atoms. The Balaban J connectivity index is 1.96. The minimum absolute atomic E-state index is 0.372. The van der Waals surface area contributed by atoms with Crippen LogP contribution in [0.1, 0.15) is 51.9 Å². The van der Waals surface area contributed by atoms with Crippen molar-refractivity contribution in [3.8, 4) is 0 Å². The molecule has 2 aliphatic rings. The van der Waals surface area contributed by atoms with Crippen LogP contribution in [0.25, 0.3) is 0 Å². The Bertz CT molecular complexity index is 181. The van der Waals surface area contributed by atoms with Crippen molar-refractivity contribution in [1.82, 2.24) is 4.90 Å². The van der Waals surface area contributed by atoms with E-state index in [1.54, 1.807) is 0 Å². The van der Waals surface area contributed by atoms with Gasteiger partial charge in [0, 0.05) is 6.04 Å². The van der Waals surface area contributed by atoms with Crippen molar-refractivity contribution in [1.29, 1.82) is 0 Å². The monoisotopic (exact) mass is 197 g/mol. The molecule has 1 aliphatic carbocycles. The smallest absolute Gasteiger partial charge is 0.0799 e. The van der Waals surface area contributed by atoms with E-state index in [9.17, 15) is 5.11 Å². The van der Waals surface area contributed by atoms with E-state index >= 15 is 0 Å². The molecule has 0 aromatic carbocycles. The normalized spacial score (nSPS) is 30.4. The fourth-order valence-electron chi connectivity index (χ4n) is 3.05. The van der Waals surface area contributed by atoms with Crippen molar-refractivity contribution in [2.24, 2.45) is 0 Å². The van der Waals surface area contributed by atoms with Crippen molar-refractivity contribution in [2.75, 3.05) is 13.1 Å². The van der Waals surface area contributed by atoms with Crippen molar-refractivity contribution < 1.29 is 5.11 Å². The highest BCUT2D eigenvalue weighted by Crippen LogP contribution is 2.34. The maximum absolute atomic E-state index is 10.6. The van der Waals surface area contributed by atoms with Crippen LogP contribution in [0.5, 0.6) is 0 Å². The molecule has 2 fully saturated rings. The summed E-state index contributed by atoms with van der Waals surface area (Å²) in [7, 11) is 0. The van der Waals surface area contributed by atoms with E-state index in [2.05, 4.69) is 11.8 Å². The molecule has 1 atom stereocenters. The summed E-state index contributed by atoms with van der Waals surface area (Å²) < 4.78 is 0. The third-order valence-electron chi connectivity index (χ3n) is 4.19. The van der Waals surface area contributed by atoms with Crippen LogP contribution in [0.2, 0.25) is 0 Å². The van der Waals surface area contributed by atoms with Crippen LogP contribution in [-0.4, -0.2) is 34.7 Å². The first-order chi connectivity index (χ1) is 6.72. The van der Waals surface area contributed by atoms with Gasteiger partial charge in [0.15, 0.2) is 0 Å². The minimum atomic E-state index is -0.372. The summed E-state index contributed by atoms with van der Waals surface area (Å²) in [5, 5.41) is 10.6. The SMILES string of the molecule is CC(N1CCCC1)C1(O)CCCCC1. The highest BCUT2D eigenvalue weighted by atomic mass is 16.3. The molecular formula is C12H23NO. The largest absolute Gasteiger partial charge is 0.388 e. The van der Waals surface area contributed by atoms with Gasteiger partial charge in [0.1, 0.15) is 0 Å². The Morgan fingerprint density at radius 3 is 2.14 bits per heavy atom. The molecule has 0 radical (unpaired) electrons. The van der Waals surface area contributed by atoms with E-state index in [0.717, 1.165) is 12.8 Å². The third-order valence-corrected chi connectivity index (χ3v) is 4.19. The fraction of sp³-hybridized carbons (Fsp3) is 1.00. The van der Waals surface area contributed by atoms with Crippen LogP contribution >= 0.6 is 0 Å². The molecule has 0 aromatic heterocycles. The van der Waals surface area contributed by atoms with Gasteiger partial charge in [-0.15, -0.1) is 0 Å². The van der Waals surface area contributed by atoms with Crippen LogP contribution in [0.3, 0.4) is 0 Å². The predicted octanol–water partition coefficient (Wildman–Crippen LogP) is 2.17. The van der Waals surface area contributed by atoms with Crippen LogP contribution in [0.15, 0.2) is 0 Å². The first kappa shape index (κ1) is 10.4. The Morgan fingerprint density at radius 1 is 1.00 bits per heavy atom. The Morgan fingerprint density at radius 2 is 1.57 bits per heavy atom. The molecule has 0 aromatic rings. The van der Waals surface area contributed by atoms with Gasteiger partial charge >= 0.3 is 0 Å². The summed E-state index contributed by atoms with van der Waals surface area (Å²) >= 11 is 0. The molecule has 1 N–H and O–H groups in total. The zero-order valence-electron chi connectivity index (χ0n) is 9.34. The fourth-order valence-corrected chi connectivity index (χ4v) is 3.05. The molecule has 2 nitrogen and oxygen atoms in total. The standard InChI is InChI=1S/C12H23NO/c1-11(13-9-5-6-10-13)12(14)7-3-2-4-8-12/h11,14H,2-10H2,1H3. The van der Waals surface area contributed by atoms with E-state index in [4.69, 9.17) is 0 Å². The van der Waals surface area contributed by atoms with Crippen LogP contribution < -0.4 is 0 Å². The highest BCUT2D eigenvalue weighted by molar-refractivity contribution is 4.93. The maximum Gasteiger partial charge on any atom is 0.0799 e. The van der Waals surface area contributed by atoms with Gasteiger partial charge in [0.2, 0.25) is 0 Å². The molecule has 1 saturated carbocycles. The van der Waals surface area contributed by atoms with Crippen molar-refractivity contribution >= 4 is 0 Å². The first-order valence-electron chi connectivity index (χ1n) is 6.19. The second-order valence-electron chi connectivity index (χ2n) is 5.08. The molecule has 1 aliphatic heterocycles. The maximum atomic E-state index is 10.6. The molecule has 1 saturated heterocycles. The lowest BCUT2D eigenvalue weighted by molar-refractivity contribution is -0.0603. The van der Waals surface area contributed by atoms with Gasteiger partial charge < -0.3 is 5.11 Å². The molecule has 0 bridgehead atoms. The summed E-state index contributed by atoms with van der Waals surface area (Å²) in [5.41, 5.74) is -0.372. The molecule has 1 heterocycles. The van der Waals surface area contributed by atoms with Gasteiger partial charge in [-0.05, 0) is 45.7 Å². The van der Waals surface area contributed by atoms with E-state index in [1.165, 1.54) is 45.2 Å². The van der Waals surface area contributed by atoms with Crippen LogP contribution in [0, 0.1) is 0 Å². The second kappa shape index (κ2) is 4.19. The number of likely N-dealkylation sites (tertiary alicyclic amines) is 1. The Labute approximate surface area is 87.3 Å². The highest BCUT2D eigenvalue weighted by Gasteiger charge is 2.38. The lowest BCUT2D eigenvalue weighted by atomic mass is 9.79. The van der Waals surface area contributed by atoms with Crippen LogP contribution in [-0.2, 0) is 0 Å². The van der Waals surface area contributed by atoms with Gasteiger partial charge in [-0.1, -0.05) is 19.3 Å². The van der Waals surface area contributed by atoms with Gasteiger partial charge in [0.25, 0.3) is 0 Å². The minimum Gasteiger partial charge on any atom is -0.388 e. The predicted molar refractivity (Wildman–Crippen MR) is 58.3 cm³/mol. The Hall–Kier alpha value is -0.0800. The quantitative estimate of drug-likeness (QED) is 0.733. The molecular weight excluding hydrogens is 174 g/mol.